The molecule has 1 aromatic rings. The molecule has 0 N–H and O–H groups in total. The van der Waals surface area contributed by atoms with Crippen LogP contribution < -0.4 is 9.47 Å². The van der Waals surface area contributed by atoms with Crippen molar-refractivity contribution in [1.82, 2.24) is 9.80 Å². The van der Waals surface area contributed by atoms with Crippen LogP contribution >= 0.6 is 11.8 Å². The first kappa shape index (κ1) is 17.9. The smallest absolute Gasteiger partial charge is 0.294 e. The fourth-order valence-corrected chi connectivity index (χ4v) is 4.15. The van der Waals surface area contributed by atoms with Gasteiger partial charge in [-0.2, -0.15) is 0 Å². The molecule has 3 heterocycles. The number of benzene rings is 1. The summed E-state index contributed by atoms with van der Waals surface area (Å²) in [6, 6.07) is 5.37. The summed E-state index contributed by atoms with van der Waals surface area (Å²) in [5.74, 6) is 0.691. The molecule has 0 unspecified atom stereocenters. The summed E-state index contributed by atoms with van der Waals surface area (Å²) in [6.45, 7) is 2.19. The Hall–Kier alpha value is -2.48. The quantitative estimate of drug-likeness (QED) is 0.741. The van der Waals surface area contributed by atoms with Crippen molar-refractivity contribution in [3.63, 3.8) is 0 Å². The molecule has 3 amide bonds. The number of fused-ring (bicyclic) bond motifs is 1. The Kier molecular flexibility index (Phi) is 5.07. The van der Waals surface area contributed by atoms with E-state index in [1.807, 2.05) is 0 Å². The lowest BCUT2D eigenvalue weighted by Gasteiger charge is -2.27. The van der Waals surface area contributed by atoms with Crippen LogP contribution in [0, 0.1) is 0 Å². The van der Waals surface area contributed by atoms with Crippen LogP contribution in [0.3, 0.4) is 0 Å². The van der Waals surface area contributed by atoms with Crippen molar-refractivity contribution in [1.29, 1.82) is 0 Å². The summed E-state index contributed by atoms with van der Waals surface area (Å²) in [7, 11) is 0. The Morgan fingerprint density at radius 2 is 1.81 bits per heavy atom. The van der Waals surface area contributed by atoms with Crippen LogP contribution in [-0.4, -0.2) is 59.7 Å². The largest absolute Gasteiger partial charge is 0.486 e. The Morgan fingerprint density at radius 1 is 1.07 bits per heavy atom. The molecule has 0 bridgehead atoms. The first-order chi connectivity index (χ1) is 13.1. The van der Waals surface area contributed by atoms with Crippen molar-refractivity contribution < 1.29 is 23.9 Å². The van der Waals surface area contributed by atoms with Gasteiger partial charge in [0.1, 0.15) is 19.8 Å². The van der Waals surface area contributed by atoms with Gasteiger partial charge in [0.15, 0.2) is 11.5 Å². The van der Waals surface area contributed by atoms with Crippen LogP contribution in [0.15, 0.2) is 23.1 Å². The van der Waals surface area contributed by atoms with E-state index in [0.717, 1.165) is 41.5 Å². The van der Waals surface area contributed by atoms with Gasteiger partial charge >= 0.3 is 0 Å². The zero-order valence-electron chi connectivity index (χ0n) is 14.8. The number of likely N-dealkylation sites (tertiary alicyclic amines) is 1. The number of hydrogen-bond donors (Lipinski definition) is 0. The average molecular weight is 388 g/mol. The minimum Gasteiger partial charge on any atom is -0.486 e. The molecule has 0 atom stereocenters. The summed E-state index contributed by atoms with van der Waals surface area (Å²) in [4.78, 5) is 40.3. The minimum absolute atomic E-state index is 0.169. The highest BCUT2D eigenvalue weighted by molar-refractivity contribution is 8.18. The van der Waals surface area contributed by atoms with Gasteiger partial charge in [0, 0.05) is 13.1 Å². The van der Waals surface area contributed by atoms with Crippen molar-refractivity contribution in [3.05, 3.63) is 28.7 Å². The number of thioether (sulfide) groups is 1. The lowest BCUT2D eigenvalue weighted by atomic mass is 10.1. The van der Waals surface area contributed by atoms with E-state index in [9.17, 15) is 14.4 Å². The predicted molar refractivity (Wildman–Crippen MR) is 101 cm³/mol. The SMILES string of the molecule is O=C(CN1C(=O)S/C(=C\c2ccc3c(c2)OCCO3)C1=O)N1CCCCC1. The number of piperidine rings is 1. The first-order valence-corrected chi connectivity index (χ1v) is 9.86. The first-order valence-electron chi connectivity index (χ1n) is 9.04. The van der Waals surface area contributed by atoms with E-state index in [2.05, 4.69) is 0 Å². The molecule has 2 fully saturated rings. The minimum atomic E-state index is -0.426. The van der Waals surface area contributed by atoms with Gasteiger partial charge in [0.25, 0.3) is 11.1 Å². The monoisotopic (exact) mass is 388 g/mol. The van der Waals surface area contributed by atoms with Crippen LogP contribution in [-0.2, 0) is 9.59 Å². The fraction of sp³-hybridized carbons (Fsp3) is 0.421. The molecule has 0 aromatic heterocycles. The van der Waals surface area contributed by atoms with E-state index in [1.54, 1.807) is 29.2 Å². The highest BCUT2D eigenvalue weighted by atomic mass is 32.2. The number of hydrogen-bond acceptors (Lipinski definition) is 6. The average Bonchev–Trinajstić information content (AvgIpc) is 2.96. The van der Waals surface area contributed by atoms with Gasteiger partial charge in [-0.05, 0) is 54.8 Å². The van der Waals surface area contributed by atoms with Gasteiger partial charge in [-0.25, -0.2) is 0 Å². The normalized spacial score (nSPS) is 21.1. The Morgan fingerprint density at radius 3 is 2.59 bits per heavy atom. The van der Waals surface area contributed by atoms with Gasteiger partial charge in [-0.1, -0.05) is 6.07 Å². The molecule has 142 valence electrons. The lowest BCUT2D eigenvalue weighted by molar-refractivity contribution is -0.136. The Labute approximate surface area is 161 Å². The molecule has 0 spiro atoms. The molecule has 3 aliphatic rings. The molecule has 1 aromatic carbocycles. The zero-order chi connectivity index (χ0) is 18.8. The lowest BCUT2D eigenvalue weighted by Crippen LogP contribution is -2.44. The van der Waals surface area contributed by atoms with Crippen LogP contribution in [0.25, 0.3) is 6.08 Å². The van der Waals surface area contributed by atoms with Crippen LogP contribution in [0.2, 0.25) is 0 Å². The summed E-state index contributed by atoms with van der Waals surface area (Å²) >= 11 is 0.858. The molecule has 0 saturated carbocycles. The summed E-state index contributed by atoms with van der Waals surface area (Å²) in [5, 5.41) is -0.408. The maximum atomic E-state index is 12.6. The van der Waals surface area contributed by atoms with E-state index in [4.69, 9.17) is 9.47 Å². The molecule has 7 nitrogen and oxygen atoms in total. The van der Waals surface area contributed by atoms with E-state index >= 15 is 0 Å². The van der Waals surface area contributed by atoms with Crippen molar-refractivity contribution in [2.75, 3.05) is 32.8 Å². The van der Waals surface area contributed by atoms with Gasteiger partial charge in [0.2, 0.25) is 5.91 Å². The molecule has 27 heavy (non-hydrogen) atoms. The third-order valence-electron chi connectivity index (χ3n) is 4.74. The van der Waals surface area contributed by atoms with E-state index in [0.29, 0.717) is 42.7 Å². The fourth-order valence-electron chi connectivity index (χ4n) is 3.32. The Bertz CT molecular complexity index is 816. The van der Waals surface area contributed by atoms with Gasteiger partial charge in [-0.15, -0.1) is 0 Å². The molecular formula is C19H20N2O5S. The molecule has 0 aliphatic carbocycles. The molecule has 3 aliphatic heterocycles. The number of carbonyl (C=O) groups is 3. The standard InChI is InChI=1S/C19H20N2O5S/c22-17(20-6-2-1-3-7-20)12-21-18(23)16(27-19(21)24)11-13-4-5-14-15(10-13)26-9-8-25-14/h4-5,10-11H,1-3,6-9,12H2/b16-11-. The highest BCUT2D eigenvalue weighted by Crippen LogP contribution is 2.35. The molecule has 0 radical (unpaired) electrons. The number of imide groups is 1. The number of nitrogens with zero attached hydrogens (tertiary/aromatic N) is 2. The number of ether oxygens (including phenoxy) is 2. The van der Waals surface area contributed by atoms with Crippen LogP contribution in [0.5, 0.6) is 11.5 Å². The second kappa shape index (κ2) is 7.64. The van der Waals surface area contributed by atoms with Crippen LogP contribution in [0.1, 0.15) is 24.8 Å². The number of rotatable bonds is 3. The van der Waals surface area contributed by atoms with Gasteiger partial charge < -0.3 is 14.4 Å². The van der Waals surface area contributed by atoms with E-state index in [1.165, 1.54) is 0 Å². The highest BCUT2D eigenvalue weighted by Gasteiger charge is 2.37. The van der Waals surface area contributed by atoms with Crippen molar-refractivity contribution >= 4 is 34.9 Å². The maximum absolute atomic E-state index is 12.6. The molecule has 4 rings (SSSR count). The molecular weight excluding hydrogens is 368 g/mol. The maximum Gasteiger partial charge on any atom is 0.294 e. The van der Waals surface area contributed by atoms with Gasteiger partial charge in [-0.3, -0.25) is 19.3 Å². The molecule has 8 heteroatoms. The second-order valence-corrected chi connectivity index (χ2v) is 7.61. The topological polar surface area (TPSA) is 76.1 Å². The van der Waals surface area contributed by atoms with Crippen molar-refractivity contribution in [2.45, 2.75) is 19.3 Å². The summed E-state index contributed by atoms with van der Waals surface area (Å²) in [5.41, 5.74) is 0.743. The van der Waals surface area contributed by atoms with Gasteiger partial charge in [0.05, 0.1) is 4.91 Å². The second-order valence-electron chi connectivity index (χ2n) is 6.61. The molecule has 2 saturated heterocycles. The van der Waals surface area contributed by atoms with Crippen molar-refractivity contribution in [3.8, 4) is 11.5 Å². The van der Waals surface area contributed by atoms with Crippen molar-refractivity contribution in [2.24, 2.45) is 0 Å². The van der Waals surface area contributed by atoms with E-state index < -0.39 is 11.1 Å². The summed E-state index contributed by atoms with van der Waals surface area (Å²) < 4.78 is 11.0. The third kappa shape index (κ3) is 3.80. The predicted octanol–water partition coefficient (Wildman–Crippen LogP) is 2.51. The van der Waals surface area contributed by atoms with E-state index in [-0.39, 0.29) is 12.5 Å². The third-order valence-corrected chi connectivity index (χ3v) is 5.65. The number of carbonyl (C=O) groups excluding carboxylic acids is 3. The zero-order valence-corrected chi connectivity index (χ0v) is 15.6. The summed E-state index contributed by atoms with van der Waals surface area (Å²) in [6.07, 6.45) is 4.70. The Balaban J connectivity index is 1.47. The van der Waals surface area contributed by atoms with Crippen LogP contribution in [0.4, 0.5) is 4.79 Å². The number of amides is 3.